The molecule has 6 aromatic carbocycles. The molecule has 0 saturated carbocycles. The molecule has 260 valence electrons. The summed E-state index contributed by atoms with van der Waals surface area (Å²) in [6.45, 7) is 22.7. The molecule has 0 atom stereocenters. The summed E-state index contributed by atoms with van der Waals surface area (Å²) in [5, 5.41) is 5.77. The zero-order chi connectivity index (χ0) is 36.1. The van der Waals surface area contributed by atoms with Crippen molar-refractivity contribution >= 4 is 37.6 Å². The van der Waals surface area contributed by atoms with E-state index < -0.39 is 0 Å². The van der Waals surface area contributed by atoms with Gasteiger partial charge in [0, 0.05) is 0 Å². The minimum Gasteiger partial charge on any atom is -0.533 e. The molecule has 2 heteroatoms. The number of fused-ring (bicyclic) bond motifs is 2. The van der Waals surface area contributed by atoms with Gasteiger partial charge in [-0.1, -0.05) is 140 Å². The maximum absolute atomic E-state index is 4.53. The van der Waals surface area contributed by atoms with Gasteiger partial charge in [0.25, 0.3) is 0 Å². The standard InChI is InChI=1S/2C17H23.C13H11.CH3Si.Hf/c2*1-6-13-7-15-9-14(11(2)3)10-16(12(4)5)17(15)8-13;1-3-7-12(8-4-1)11-13-9-5-2-6-10-13;1-2;/h2*7-12H,6H2,1-5H3;1-11H;1H,2H2;/q4*-1;+4. The fourth-order valence-electron chi connectivity index (χ4n) is 6.19. The zero-order valence-corrected chi connectivity index (χ0v) is 37.5. The maximum atomic E-state index is 4.53. The molecule has 0 aromatic heterocycles. The molecule has 0 saturated heterocycles. The number of rotatable bonds is 8. The summed E-state index contributed by atoms with van der Waals surface area (Å²) in [5.41, 5.74) is 11.4. The topological polar surface area (TPSA) is 0 Å². The Bertz CT molecular complexity index is 1700. The predicted octanol–water partition coefficient (Wildman–Crippen LogP) is 12.9. The van der Waals surface area contributed by atoms with Crippen LogP contribution in [0.5, 0.6) is 0 Å². The van der Waals surface area contributed by atoms with E-state index in [4.69, 9.17) is 0 Å². The van der Waals surface area contributed by atoms with E-state index in [1.165, 1.54) is 75.9 Å². The van der Waals surface area contributed by atoms with E-state index in [0.29, 0.717) is 23.7 Å². The van der Waals surface area contributed by atoms with Crippen molar-refractivity contribution in [3.05, 3.63) is 160 Å². The Balaban J connectivity index is 0.000000253. The van der Waals surface area contributed by atoms with Crippen molar-refractivity contribution < 1.29 is 25.8 Å². The molecule has 0 nitrogen and oxygen atoms in total. The minimum atomic E-state index is 0. The molecule has 50 heavy (non-hydrogen) atoms. The molecule has 0 heterocycles. The molecular weight excluding hydrogens is 783 g/mol. The van der Waals surface area contributed by atoms with Crippen LogP contribution in [0, 0.1) is 6.42 Å². The molecule has 0 amide bonds. The first-order valence-electron chi connectivity index (χ1n) is 18.3. The van der Waals surface area contributed by atoms with Gasteiger partial charge in [0.1, 0.15) is 0 Å². The van der Waals surface area contributed by atoms with Crippen molar-refractivity contribution in [2.24, 2.45) is 0 Å². The first-order valence-corrected chi connectivity index (χ1v) is 19.1. The SMILES string of the molecule is CCc1cc2c(C(C)C)cc(C(C)C)cc2[cH-]1.CCc1cc2c(C(C)C)cc(C(C)C)cc2[cH-]1.[CH-]=[SiH2].[Hf+4].c1ccc([CH-]c2ccccc2)cc1. The Morgan fingerprint density at radius 1 is 0.520 bits per heavy atom. The Hall–Kier alpha value is -3.07. The molecular formula is C48H60HfSi. The third-order valence-electron chi connectivity index (χ3n) is 9.20. The van der Waals surface area contributed by atoms with Gasteiger partial charge in [-0.25, -0.2) is 9.85 Å². The van der Waals surface area contributed by atoms with Crippen molar-refractivity contribution in [2.45, 2.75) is 106 Å². The molecule has 0 unspecified atom stereocenters. The second-order valence-electron chi connectivity index (χ2n) is 14.2. The zero-order valence-electron chi connectivity index (χ0n) is 32.5. The number of hydrogen-bond donors (Lipinski definition) is 0. The van der Waals surface area contributed by atoms with Crippen LogP contribution in [0.2, 0.25) is 0 Å². The fraction of sp³-hybridized carbons (Fsp3) is 0.333. The van der Waals surface area contributed by atoms with Crippen LogP contribution in [0.1, 0.15) is 137 Å². The Morgan fingerprint density at radius 3 is 1.14 bits per heavy atom. The molecule has 6 aromatic rings. The minimum absolute atomic E-state index is 0. The van der Waals surface area contributed by atoms with E-state index in [1.807, 2.05) is 12.1 Å². The van der Waals surface area contributed by atoms with Crippen molar-refractivity contribution in [3.8, 4) is 0 Å². The summed E-state index contributed by atoms with van der Waals surface area (Å²) in [5.74, 6) is 2.42. The molecule has 0 radical (unpaired) electrons. The molecule has 0 fully saturated rings. The van der Waals surface area contributed by atoms with Gasteiger partial charge in [0.2, 0.25) is 0 Å². The average molecular weight is 844 g/mol. The van der Waals surface area contributed by atoms with Crippen LogP contribution in [0.25, 0.3) is 21.5 Å². The van der Waals surface area contributed by atoms with Crippen LogP contribution in [-0.4, -0.2) is 16.0 Å². The smallest absolute Gasteiger partial charge is 0.533 e. The molecule has 0 spiro atoms. The van der Waals surface area contributed by atoms with Gasteiger partial charge >= 0.3 is 25.8 Å². The summed E-state index contributed by atoms with van der Waals surface area (Å²) in [6, 6.07) is 39.7. The summed E-state index contributed by atoms with van der Waals surface area (Å²) in [4.78, 5) is 0. The quantitative estimate of drug-likeness (QED) is 0.106. The number of aryl methyl sites for hydroxylation is 2. The van der Waals surface area contributed by atoms with Crippen LogP contribution in [0.3, 0.4) is 0 Å². The summed E-state index contributed by atoms with van der Waals surface area (Å²) in [7, 11) is 1.36. The first kappa shape index (κ1) is 43.1. The Labute approximate surface area is 327 Å². The molecule has 0 aliphatic carbocycles. The molecule has 0 aliphatic heterocycles. The first-order chi connectivity index (χ1) is 23.5. The van der Waals surface area contributed by atoms with Gasteiger partial charge in [0.15, 0.2) is 0 Å². The van der Waals surface area contributed by atoms with Crippen molar-refractivity contribution in [2.75, 3.05) is 0 Å². The number of benzene rings is 4. The summed E-state index contributed by atoms with van der Waals surface area (Å²) in [6.07, 6.45) is 8.95. The van der Waals surface area contributed by atoms with Crippen molar-refractivity contribution in [1.29, 1.82) is 0 Å². The molecule has 0 N–H and O–H groups in total. The maximum Gasteiger partial charge on any atom is 4.00 e. The molecule has 0 bridgehead atoms. The van der Waals surface area contributed by atoms with Crippen LogP contribution in [0.4, 0.5) is 0 Å². The molecule has 0 aliphatic rings. The van der Waals surface area contributed by atoms with Crippen molar-refractivity contribution in [3.63, 3.8) is 0 Å². The van der Waals surface area contributed by atoms with Crippen molar-refractivity contribution in [1.82, 2.24) is 0 Å². The van der Waals surface area contributed by atoms with Gasteiger partial charge in [-0.15, -0.1) is 98.8 Å². The van der Waals surface area contributed by atoms with Crippen LogP contribution in [0.15, 0.2) is 109 Å². The van der Waals surface area contributed by atoms with E-state index in [9.17, 15) is 0 Å². The van der Waals surface area contributed by atoms with Gasteiger partial charge in [-0.3, -0.25) is 0 Å². The van der Waals surface area contributed by atoms with E-state index >= 15 is 0 Å². The van der Waals surface area contributed by atoms with Crippen LogP contribution < -0.4 is 0 Å². The van der Waals surface area contributed by atoms with E-state index in [0.717, 1.165) is 12.8 Å². The predicted molar refractivity (Wildman–Crippen MR) is 224 cm³/mol. The Kier molecular flexibility index (Phi) is 18.4. The second-order valence-corrected chi connectivity index (χ2v) is 14.2. The van der Waals surface area contributed by atoms with Crippen LogP contribution in [-0.2, 0) is 38.7 Å². The summed E-state index contributed by atoms with van der Waals surface area (Å²) < 4.78 is 0. The summed E-state index contributed by atoms with van der Waals surface area (Å²) >= 11 is 0. The van der Waals surface area contributed by atoms with E-state index in [-0.39, 0.29) is 25.8 Å². The molecule has 6 rings (SSSR count). The van der Waals surface area contributed by atoms with Gasteiger partial charge < -0.3 is 6.17 Å². The monoisotopic (exact) mass is 844 g/mol. The van der Waals surface area contributed by atoms with E-state index in [1.54, 1.807) is 0 Å². The van der Waals surface area contributed by atoms with Gasteiger partial charge in [-0.05, 0) is 36.5 Å². The second kappa shape index (κ2) is 21.3. The van der Waals surface area contributed by atoms with E-state index in [2.05, 4.69) is 179 Å². The normalized spacial score (nSPS) is 10.7. The van der Waals surface area contributed by atoms with Gasteiger partial charge in [0.05, 0.1) is 0 Å². The Morgan fingerprint density at radius 2 is 0.860 bits per heavy atom. The average Bonchev–Trinajstić information content (AvgIpc) is 3.73. The van der Waals surface area contributed by atoms with Gasteiger partial charge in [-0.2, -0.15) is 12.1 Å². The fourth-order valence-corrected chi connectivity index (χ4v) is 6.19. The number of hydrogen-bond acceptors (Lipinski definition) is 0. The largest absolute Gasteiger partial charge is 4.00 e. The third kappa shape index (κ3) is 12.0. The third-order valence-corrected chi connectivity index (χ3v) is 9.20. The van der Waals surface area contributed by atoms with Crippen LogP contribution >= 0.6 is 0 Å².